The fraction of sp³-hybridized carbons (Fsp3) is 0.273. The van der Waals surface area contributed by atoms with Gasteiger partial charge in [0.05, 0.1) is 13.5 Å². The normalized spacial score (nSPS) is 10.6. The Balaban J connectivity index is 2.03. The Labute approximate surface area is 101 Å². The van der Waals surface area contributed by atoms with E-state index < -0.39 is 11.6 Å². The molecule has 0 N–H and O–H groups in total. The van der Waals surface area contributed by atoms with E-state index >= 15 is 0 Å². The number of aryl methyl sites for hydroxylation is 1. The summed E-state index contributed by atoms with van der Waals surface area (Å²) in [6.45, 7) is 0. The van der Waals surface area contributed by atoms with E-state index in [4.69, 9.17) is 0 Å². The van der Waals surface area contributed by atoms with Crippen LogP contribution >= 0.6 is 0 Å². The molecule has 1 aromatic heterocycles. The van der Waals surface area contributed by atoms with Crippen molar-refractivity contribution in [3.63, 3.8) is 0 Å². The van der Waals surface area contributed by atoms with Crippen molar-refractivity contribution >= 4 is 5.78 Å². The summed E-state index contributed by atoms with van der Waals surface area (Å²) < 4.78 is 26.0. The summed E-state index contributed by atoms with van der Waals surface area (Å²) in [4.78, 5) is 12.9. The highest BCUT2D eigenvalue weighted by Gasteiger charge is 2.12. The Hall–Kier alpha value is -2.18. The second-order valence-electron chi connectivity index (χ2n) is 3.82. The molecule has 0 fully saturated rings. The number of hydrogen-bond acceptors (Lipinski definition) is 4. The molecule has 94 valence electrons. The first-order valence-corrected chi connectivity index (χ1v) is 5.23. The predicted molar refractivity (Wildman–Crippen MR) is 57.6 cm³/mol. The molecular weight excluding hydrogens is 242 g/mol. The second-order valence-corrected chi connectivity index (χ2v) is 3.82. The molecule has 0 aliphatic carbocycles. The zero-order valence-corrected chi connectivity index (χ0v) is 9.60. The Bertz CT molecular complexity index is 582. The van der Waals surface area contributed by atoms with Crippen molar-refractivity contribution in [3.8, 4) is 0 Å². The molecule has 0 unspecified atom stereocenters. The summed E-state index contributed by atoms with van der Waals surface area (Å²) in [7, 11) is 1.58. The van der Waals surface area contributed by atoms with Crippen molar-refractivity contribution in [1.82, 2.24) is 20.2 Å². The number of tetrazole rings is 1. The summed E-state index contributed by atoms with van der Waals surface area (Å²) in [5.74, 6) is -1.37. The summed E-state index contributed by atoms with van der Waals surface area (Å²) >= 11 is 0. The van der Waals surface area contributed by atoms with Crippen molar-refractivity contribution in [1.29, 1.82) is 0 Å². The number of hydrogen-bond donors (Lipinski definition) is 0. The molecule has 0 aliphatic rings. The molecule has 0 radical (unpaired) electrons. The number of aromatic nitrogens is 4. The number of ketones is 1. The zero-order valence-electron chi connectivity index (χ0n) is 9.60. The number of Topliss-reactive ketones (excluding diaryl/α,β-unsaturated/α-hetero) is 1. The van der Waals surface area contributed by atoms with Gasteiger partial charge in [0.1, 0.15) is 17.4 Å². The number of carbonyl (C=O) groups excluding carboxylic acids is 1. The lowest BCUT2D eigenvalue weighted by molar-refractivity contribution is -0.117. The van der Waals surface area contributed by atoms with E-state index in [1.807, 2.05) is 0 Å². The van der Waals surface area contributed by atoms with Gasteiger partial charge in [-0.15, -0.1) is 10.2 Å². The quantitative estimate of drug-likeness (QED) is 0.809. The van der Waals surface area contributed by atoms with Crippen molar-refractivity contribution < 1.29 is 13.6 Å². The summed E-state index contributed by atoms with van der Waals surface area (Å²) in [6, 6.07) is 3.13. The van der Waals surface area contributed by atoms with Crippen LogP contribution < -0.4 is 0 Å². The van der Waals surface area contributed by atoms with Crippen molar-refractivity contribution in [2.24, 2.45) is 7.05 Å². The molecule has 2 aromatic rings. The van der Waals surface area contributed by atoms with Gasteiger partial charge in [-0.3, -0.25) is 4.79 Å². The molecule has 0 saturated heterocycles. The lowest BCUT2D eigenvalue weighted by Crippen LogP contribution is -2.09. The Morgan fingerprint density at radius 3 is 2.72 bits per heavy atom. The molecule has 0 amide bonds. The number of benzene rings is 1. The maximum Gasteiger partial charge on any atom is 0.182 e. The highest BCUT2D eigenvalue weighted by atomic mass is 19.1. The van der Waals surface area contributed by atoms with Crippen molar-refractivity contribution in [2.75, 3.05) is 0 Å². The van der Waals surface area contributed by atoms with Gasteiger partial charge in [0.15, 0.2) is 5.82 Å². The third kappa shape index (κ3) is 2.93. The number of rotatable bonds is 4. The third-order valence-corrected chi connectivity index (χ3v) is 2.31. The first-order chi connectivity index (χ1) is 8.54. The summed E-state index contributed by atoms with van der Waals surface area (Å²) in [5.41, 5.74) is 0.158. The van der Waals surface area contributed by atoms with E-state index in [1.54, 1.807) is 7.05 Å². The van der Waals surface area contributed by atoms with Crippen LogP contribution in [0.4, 0.5) is 8.78 Å². The first kappa shape index (κ1) is 12.3. The molecule has 1 aromatic carbocycles. The molecule has 7 heteroatoms. The van der Waals surface area contributed by atoms with Crippen LogP contribution in [0.2, 0.25) is 0 Å². The Morgan fingerprint density at radius 1 is 1.33 bits per heavy atom. The zero-order chi connectivity index (χ0) is 13.1. The number of nitrogens with zero attached hydrogens (tertiary/aromatic N) is 4. The van der Waals surface area contributed by atoms with Crippen LogP contribution in [0.15, 0.2) is 18.2 Å². The van der Waals surface area contributed by atoms with Crippen LogP contribution in [0.3, 0.4) is 0 Å². The minimum atomic E-state index is -0.726. The first-order valence-electron chi connectivity index (χ1n) is 5.23. The van der Waals surface area contributed by atoms with Crippen molar-refractivity contribution in [3.05, 3.63) is 41.2 Å². The largest absolute Gasteiger partial charge is 0.299 e. The maximum absolute atomic E-state index is 13.3. The van der Waals surface area contributed by atoms with E-state index in [0.29, 0.717) is 0 Å². The third-order valence-electron chi connectivity index (χ3n) is 2.31. The van der Waals surface area contributed by atoms with Gasteiger partial charge >= 0.3 is 0 Å². The van der Waals surface area contributed by atoms with E-state index in [1.165, 1.54) is 10.9 Å². The average molecular weight is 252 g/mol. The molecule has 0 atom stereocenters. The monoisotopic (exact) mass is 252 g/mol. The van der Waals surface area contributed by atoms with Gasteiger partial charge in [-0.25, -0.2) is 8.78 Å². The number of halogens is 2. The van der Waals surface area contributed by atoms with Crippen LogP contribution in [-0.2, 0) is 24.7 Å². The average Bonchev–Trinajstić information content (AvgIpc) is 2.68. The molecule has 2 rings (SSSR count). The fourth-order valence-electron chi connectivity index (χ4n) is 1.51. The van der Waals surface area contributed by atoms with Crippen LogP contribution in [0.1, 0.15) is 11.4 Å². The maximum atomic E-state index is 13.3. The molecule has 0 saturated carbocycles. The van der Waals surface area contributed by atoms with Gasteiger partial charge in [0, 0.05) is 12.5 Å². The smallest absolute Gasteiger partial charge is 0.182 e. The topological polar surface area (TPSA) is 60.7 Å². The van der Waals surface area contributed by atoms with Crippen LogP contribution in [0.25, 0.3) is 0 Å². The molecule has 5 nitrogen and oxygen atoms in total. The predicted octanol–water partition coefficient (Wildman–Crippen LogP) is 0.843. The van der Waals surface area contributed by atoms with Crippen LogP contribution in [0, 0.1) is 11.6 Å². The molecule has 18 heavy (non-hydrogen) atoms. The second kappa shape index (κ2) is 4.99. The highest BCUT2D eigenvalue weighted by Crippen LogP contribution is 2.11. The standard InChI is InChI=1S/C11H10F2N4O/c1-17-15-11(14-16-17)6-9(18)4-7-2-3-8(12)5-10(7)13/h2-3,5H,4,6H2,1H3. The van der Waals surface area contributed by atoms with E-state index in [9.17, 15) is 13.6 Å². The van der Waals surface area contributed by atoms with Gasteiger partial charge in [0.25, 0.3) is 0 Å². The van der Waals surface area contributed by atoms with Gasteiger partial charge < -0.3 is 0 Å². The minimum absolute atomic E-state index is 0.0232. The van der Waals surface area contributed by atoms with E-state index in [-0.39, 0.29) is 30.0 Å². The Morgan fingerprint density at radius 2 is 2.11 bits per heavy atom. The van der Waals surface area contributed by atoms with E-state index in [0.717, 1.165) is 12.1 Å². The summed E-state index contributed by atoms with van der Waals surface area (Å²) in [5, 5.41) is 11.1. The van der Waals surface area contributed by atoms with Crippen LogP contribution in [0.5, 0.6) is 0 Å². The lowest BCUT2D eigenvalue weighted by Gasteiger charge is -2.01. The SMILES string of the molecule is Cn1nnc(CC(=O)Cc2ccc(F)cc2F)n1. The molecule has 0 spiro atoms. The van der Waals surface area contributed by atoms with Gasteiger partial charge in [-0.2, -0.15) is 4.80 Å². The fourth-order valence-corrected chi connectivity index (χ4v) is 1.51. The van der Waals surface area contributed by atoms with Crippen LogP contribution in [-0.4, -0.2) is 26.0 Å². The molecule has 0 bridgehead atoms. The van der Waals surface area contributed by atoms with E-state index in [2.05, 4.69) is 15.4 Å². The summed E-state index contributed by atoms with van der Waals surface area (Å²) in [6.07, 6.45) is -0.144. The van der Waals surface area contributed by atoms with Crippen molar-refractivity contribution in [2.45, 2.75) is 12.8 Å². The van der Waals surface area contributed by atoms with Gasteiger partial charge in [0.2, 0.25) is 0 Å². The van der Waals surface area contributed by atoms with Gasteiger partial charge in [-0.05, 0) is 16.8 Å². The number of carbonyl (C=O) groups is 1. The van der Waals surface area contributed by atoms with Gasteiger partial charge in [-0.1, -0.05) is 6.07 Å². The molecular formula is C11H10F2N4O. The minimum Gasteiger partial charge on any atom is -0.299 e. The molecule has 1 heterocycles. The Kier molecular flexibility index (Phi) is 3.40. The molecule has 0 aliphatic heterocycles. The highest BCUT2D eigenvalue weighted by molar-refractivity contribution is 5.82. The lowest BCUT2D eigenvalue weighted by atomic mass is 10.1.